The van der Waals surface area contributed by atoms with E-state index in [9.17, 15) is 9.18 Å². The van der Waals surface area contributed by atoms with Gasteiger partial charge in [-0.3, -0.25) is 4.79 Å². The Morgan fingerprint density at radius 3 is 2.17 bits per heavy atom. The van der Waals surface area contributed by atoms with Crippen LogP contribution < -0.4 is 20.1 Å². The first-order valence-electron chi connectivity index (χ1n) is 9.15. The molecule has 6 heteroatoms. The maximum atomic E-state index is 13.0. The molecule has 0 fully saturated rings. The van der Waals surface area contributed by atoms with Crippen molar-refractivity contribution in [1.82, 2.24) is 0 Å². The fourth-order valence-electron chi connectivity index (χ4n) is 2.89. The van der Waals surface area contributed by atoms with Crippen molar-refractivity contribution in [3.63, 3.8) is 0 Å². The van der Waals surface area contributed by atoms with Gasteiger partial charge in [-0.2, -0.15) is 0 Å². The fraction of sp³-hybridized carbons (Fsp3) is 0.174. The van der Waals surface area contributed by atoms with E-state index in [1.165, 1.54) is 24.3 Å². The van der Waals surface area contributed by atoms with Gasteiger partial charge in [-0.1, -0.05) is 12.1 Å². The standard InChI is InChI=1S/C23H23FN2O3/c1-15(23(27)26-18-8-6-17(24)7-9-18)25-19-10-13-22(29-3)21(14-19)16-4-11-20(28-2)12-5-16/h4-15,25H,1-3H3,(H,26,27)/t15-/m0/s1. The zero-order valence-corrected chi connectivity index (χ0v) is 16.5. The normalized spacial score (nSPS) is 11.4. The Kier molecular flexibility index (Phi) is 6.34. The average Bonchev–Trinajstić information content (AvgIpc) is 2.75. The third-order valence-corrected chi connectivity index (χ3v) is 4.49. The number of hydrogen-bond acceptors (Lipinski definition) is 4. The molecule has 2 N–H and O–H groups in total. The first kappa shape index (κ1) is 20.2. The molecule has 0 aliphatic rings. The maximum absolute atomic E-state index is 13.0. The summed E-state index contributed by atoms with van der Waals surface area (Å²) >= 11 is 0. The molecule has 0 aromatic heterocycles. The highest BCUT2D eigenvalue weighted by Gasteiger charge is 2.15. The molecular weight excluding hydrogens is 371 g/mol. The third-order valence-electron chi connectivity index (χ3n) is 4.49. The van der Waals surface area contributed by atoms with Crippen LogP contribution in [0.2, 0.25) is 0 Å². The third kappa shape index (κ3) is 5.04. The van der Waals surface area contributed by atoms with Crippen LogP contribution in [0.3, 0.4) is 0 Å². The molecule has 0 saturated heterocycles. The molecule has 0 aliphatic carbocycles. The summed E-state index contributed by atoms with van der Waals surface area (Å²) in [5, 5.41) is 5.95. The summed E-state index contributed by atoms with van der Waals surface area (Å²) < 4.78 is 23.7. The molecule has 0 unspecified atom stereocenters. The minimum Gasteiger partial charge on any atom is -0.497 e. The van der Waals surface area contributed by atoms with Crippen LogP contribution >= 0.6 is 0 Å². The molecule has 0 heterocycles. The topological polar surface area (TPSA) is 59.6 Å². The van der Waals surface area contributed by atoms with Gasteiger partial charge in [0, 0.05) is 16.9 Å². The van der Waals surface area contributed by atoms with Crippen LogP contribution in [0.25, 0.3) is 11.1 Å². The molecule has 0 bridgehead atoms. The number of halogens is 1. The Morgan fingerprint density at radius 2 is 1.55 bits per heavy atom. The van der Waals surface area contributed by atoms with Crippen molar-refractivity contribution < 1.29 is 18.7 Å². The number of amides is 1. The van der Waals surface area contributed by atoms with E-state index in [-0.39, 0.29) is 11.7 Å². The summed E-state index contributed by atoms with van der Waals surface area (Å²) in [4.78, 5) is 12.4. The number of rotatable bonds is 7. The molecule has 0 aliphatic heterocycles. The van der Waals surface area contributed by atoms with Gasteiger partial charge in [0.25, 0.3) is 0 Å². The van der Waals surface area contributed by atoms with Crippen molar-refractivity contribution in [2.75, 3.05) is 24.9 Å². The van der Waals surface area contributed by atoms with Gasteiger partial charge in [-0.25, -0.2) is 4.39 Å². The first-order valence-corrected chi connectivity index (χ1v) is 9.15. The lowest BCUT2D eigenvalue weighted by atomic mass is 10.0. The molecule has 0 radical (unpaired) electrons. The van der Waals surface area contributed by atoms with Gasteiger partial charge in [0.1, 0.15) is 23.4 Å². The van der Waals surface area contributed by atoms with E-state index in [0.29, 0.717) is 5.69 Å². The minimum absolute atomic E-state index is 0.224. The molecule has 0 saturated carbocycles. The van der Waals surface area contributed by atoms with Crippen molar-refractivity contribution in [2.24, 2.45) is 0 Å². The average molecular weight is 394 g/mol. The van der Waals surface area contributed by atoms with Gasteiger partial charge in [0.15, 0.2) is 0 Å². The molecule has 3 aromatic carbocycles. The van der Waals surface area contributed by atoms with Crippen molar-refractivity contribution in [3.8, 4) is 22.6 Å². The number of ether oxygens (including phenoxy) is 2. The second-order valence-corrected chi connectivity index (χ2v) is 6.51. The van der Waals surface area contributed by atoms with E-state index in [4.69, 9.17) is 9.47 Å². The SMILES string of the molecule is COc1ccc(-c2cc(N[C@@H](C)C(=O)Nc3ccc(F)cc3)ccc2OC)cc1. The maximum Gasteiger partial charge on any atom is 0.246 e. The molecule has 29 heavy (non-hydrogen) atoms. The highest BCUT2D eigenvalue weighted by Crippen LogP contribution is 2.33. The Morgan fingerprint density at radius 1 is 0.897 bits per heavy atom. The van der Waals surface area contributed by atoms with Crippen LogP contribution in [0.15, 0.2) is 66.7 Å². The van der Waals surface area contributed by atoms with Crippen molar-refractivity contribution in [2.45, 2.75) is 13.0 Å². The highest BCUT2D eigenvalue weighted by atomic mass is 19.1. The van der Waals surface area contributed by atoms with Gasteiger partial charge < -0.3 is 20.1 Å². The largest absolute Gasteiger partial charge is 0.497 e. The number of nitrogens with one attached hydrogen (secondary N) is 2. The van der Waals surface area contributed by atoms with E-state index in [2.05, 4.69) is 10.6 Å². The van der Waals surface area contributed by atoms with E-state index in [1.807, 2.05) is 42.5 Å². The predicted octanol–water partition coefficient (Wildman–Crippen LogP) is 4.95. The van der Waals surface area contributed by atoms with Crippen LogP contribution in [0.4, 0.5) is 15.8 Å². The van der Waals surface area contributed by atoms with Crippen LogP contribution in [0, 0.1) is 5.82 Å². The zero-order chi connectivity index (χ0) is 20.8. The second-order valence-electron chi connectivity index (χ2n) is 6.51. The Hall–Kier alpha value is -3.54. The molecule has 1 amide bonds. The summed E-state index contributed by atoms with van der Waals surface area (Å²) in [5.74, 6) is 0.925. The molecular formula is C23H23FN2O3. The Balaban J connectivity index is 1.76. The lowest BCUT2D eigenvalue weighted by Crippen LogP contribution is -2.31. The van der Waals surface area contributed by atoms with Gasteiger partial charge in [-0.15, -0.1) is 0 Å². The molecule has 0 spiro atoms. The van der Waals surface area contributed by atoms with Crippen molar-refractivity contribution >= 4 is 17.3 Å². The molecule has 150 valence electrons. The summed E-state index contributed by atoms with van der Waals surface area (Å²) in [6.45, 7) is 1.76. The van der Waals surface area contributed by atoms with Crippen LogP contribution in [0.5, 0.6) is 11.5 Å². The molecule has 5 nitrogen and oxygen atoms in total. The molecule has 1 atom stereocenters. The summed E-state index contributed by atoms with van der Waals surface area (Å²) in [6, 6.07) is 18.5. The van der Waals surface area contributed by atoms with Gasteiger partial charge >= 0.3 is 0 Å². The fourth-order valence-corrected chi connectivity index (χ4v) is 2.89. The number of anilines is 2. The van der Waals surface area contributed by atoms with Crippen LogP contribution in [-0.4, -0.2) is 26.2 Å². The number of hydrogen-bond donors (Lipinski definition) is 2. The minimum atomic E-state index is -0.503. The quantitative estimate of drug-likeness (QED) is 0.595. The number of benzene rings is 3. The van der Waals surface area contributed by atoms with Crippen LogP contribution in [0.1, 0.15) is 6.92 Å². The number of methoxy groups -OCH3 is 2. The Bertz CT molecular complexity index is 972. The molecule has 3 aromatic rings. The predicted molar refractivity (Wildman–Crippen MR) is 113 cm³/mol. The van der Waals surface area contributed by atoms with Crippen molar-refractivity contribution in [1.29, 1.82) is 0 Å². The van der Waals surface area contributed by atoms with E-state index >= 15 is 0 Å². The Labute approximate surface area is 169 Å². The van der Waals surface area contributed by atoms with Gasteiger partial charge in [-0.05, 0) is 67.1 Å². The summed E-state index contributed by atoms with van der Waals surface area (Å²) in [7, 11) is 3.24. The van der Waals surface area contributed by atoms with E-state index in [1.54, 1.807) is 21.1 Å². The van der Waals surface area contributed by atoms with E-state index < -0.39 is 6.04 Å². The molecule has 3 rings (SSSR count). The number of carbonyl (C=O) groups is 1. The summed E-state index contributed by atoms with van der Waals surface area (Å²) in [5.41, 5.74) is 3.18. The van der Waals surface area contributed by atoms with Gasteiger partial charge in [0.05, 0.1) is 14.2 Å². The second kappa shape index (κ2) is 9.10. The number of carbonyl (C=O) groups excluding carboxylic acids is 1. The lowest BCUT2D eigenvalue weighted by molar-refractivity contribution is -0.116. The zero-order valence-electron chi connectivity index (χ0n) is 16.5. The highest BCUT2D eigenvalue weighted by molar-refractivity contribution is 5.96. The van der Waals surface area contributed by atoms with E-state index in [0.717, 1.165) is 28.3 Å². The smallest absolute Gasteiger partial charge is 0.246 e. The van der Waals surface area contributed by atoms with Gasteiger partial charge in [0.2, 0.25) is 5.91 Å². The lowest BCUT2D eigenvalue weighted by Gasteiger charge is -2.17. The summed E-state index contributed by atoms with van der Waals surface area (Å²) in [6.07, 6.45) is 0. The first-order chi connectivity index (χ1) is 14.0. The van der Waals surface area contributed by atoms with Crippen LogP contribution in [-0.2, 0) is 4.79 Å². The monoisotopic (exact) mass is 394 g/mol. The van der Waals surface area contributed by atoms with Crippen molar-refractivity contribution in [3.05, 3.63) is 72.5 Å².